The minimum absolute atomic E-state index is 0.127. The van der Waals surface area contributed by atoms with Gasteiger partial charge in [-0.3, -0.25) is 4.79 Å². The van der Waals surface area contributed by atoms with Gasteiger partial charge in [0.15, 0.2) is 0 Å². The van der Waals surface area contributed by atoms with Gasteiger partial charge in [0.05, 0.1) is 25.7 Å². The summed E-state index contributed by atoms with van der Waals surface area (Å²) >= 11 is 1.33. The number of aromatic nitrogens is 4. The zero-order chi connectivity index (χ0) is 17.6. The fraction of sp³-hybridized carbons (Fsp3) is 0.500. The maximum Gasteiger partial charge on any atom is 0.233 e. The van der Waals surface area contributed by atoms with Crippen LogP contribution in [0.4, 0.5) is 0 Å². The van der Waals surface area contributed by atoms with E-state index in [2.05, 4.69) is 15.5 Å². The maximum absolute atomic E-state index is 12.3. The molecule has 0 atom stereocenters. The number of tetrazole rings is 1. The number of amides is 1. The molecule has 2 heterocycles. The summed E-state index contributed by atoms with van der Waals surface area (Å²) in [7, 11) is 3.18. The summed E-state index contributed by atoms with van der Waals surface area (Å²) in [5.41, 5.74) is 0.717. The number of likely N-dealkylation sites (tertiary alicyclic amines) is 1. The Hall–Kier alpha value is -2.29. The Bertz CT molecular complexity index is 708. The molecule has 0 spiro atoms. The molecule has 1 aliphatic rings. The summed E-state index contributed by atoms with van der Waals surface area (Å²) in [6, 6.07) is 5.41. The highest BCUT2D eigenvalue weighted by atomic mass is 32.2. The zero-order valence-corrected chi connectivity index (χ0v) is 15.2. The van der Waals surface area contributed by atoms with Crippen LogP contribution in [0.3, 0.4) is 0 Å². The van der Waals surface area contributed by atoms with Gasteiger partial charge in [-0.05, 0) is 29.7 Å². The summed E-state index contributed by atoms with van der Waals surface area (Å²) in [6.45, 7) is 1.69. The standard InChI is InChI=1S/C16H21N5O3S/c1-23-13-8-12(9-14(10-13)24-2)21-16(17-18-19-21)25-11-15(22)20-6-4-3-5-7-20/h8-10H,3-7,11H2,1-2H3. The normalized spacial score (nSPS) is 14.4. The summed E-state index contributed by atoms with van der Waals surface area (Å²) in [5, 5.41) is 12.4. The number of carbonyl (C=O) groups excluding carboxylic acids is 1. The van der Waals surface area contributed by atoms with Crippen LogP contribution in [0.25, 0.3) is 5.69 Å². The molecular weight excluding hydrogens is 342 g/mol. The Morgan fingerprint density at radius 1 is 1.12 bits per heavy atom. The van der Waals surface area contributed by atoms with Crippen LogP contribution in [0.15, 0.2) is 23.4 Å². The van der Waals surface area contributed by atoms with Gasteiger partial charge in [-0.15, -0.1) is 5.10 Å². The Kier molecular flexibility index (Phi) is 5.75. The van der Waals surface area contributed by atoms with E-state index in [9.17, 15) is 4.79 Å². The number of piperidine rings is 1. The quantitative estimate of drug-likeness (QED) is 0.724. The summed E-state index contributed by atoms with van der Waals surface area (Å²) in [4.78, 5) is 14.2. The van der Waals surface area contributed by atoms with Gasteiger partial charge in [0.2, 0.25) is 11.1 Å². The smallest absolute Gasteiger partial charge is 0.233 e. The van der Waals surface area contributed by atoms with Crippen molar-refractivity contribution in [3.63, 3.8) is 0 Å². The predicted octanol–water partition coefficient (Wildman–Crippen LogP) is 1.78. The summed E-state index contributed by atoms with van der Waals surface area (Å²) in [6.07, 6.45) is 3.36. The van der Waals surface area contributed by atoms with Crippen molar-refractivity contribution in [3.05, 3.63) is 18.2 Å². The average molecular weight is 363 g/mol. The van der Waals surface area contributed by atoms with E-state index in [4.69, 9.17) is 9.47 Å². The molecule has 0 radical (unpaired) electrons. The molecule has 8 nitrogen and oxygen atoms in total. The third-order valence-corrected chi connectivity index (χ3v) is 4.96. The van der Waals surface area contributed by atoms with E-state index < -0.39 is 0 Å². The van der Waals surface area contributed by atoms with Crippen LogP contribution in [0.2, 0.25) is 0 Å². The topological polar surface area (TPSA) is 82.4 Å². The van der Waals surface area contributed by atoms with Crippen molar-refractivity contribution in [2.24, 2.45) is 0 Å². The monoisotopic (exact) mass is 363 g/mol. The van der Waals surface area contributed by atoms with Crippen LogP contribution in [0.1, 0.15) is 19.3 Å². The lowest BCUT2D eigenvalue weighted by molar-refractivity contribution is -0.129. The van der Waals surface area contributed by atoms with E-state index in [1.165, 1.54) is 18.2 Å². The number of methoxy groups -OCH3 is 2. The van der Waals surface area contributed by atoms with Crippen LogP contribution >= 0.6 is 11.8 Å². The van der Waals surface area contributed by atoms with Crippen molar-refractivity contribution >= 4 is 17.7 Å². The summed E-state index contributed by atoms with van der Waals surface area (Å²) < 4.78 is 12.1. The maximum atomic E-state index is 12.3. The van der Waals surface area contributed by atoms with Gasteiger partial charge in [-0.2, -0.15) is 4.68 Å². The fourth-order valence-corrected chi connectivity index (χ4v) is 3.50. The minimum atomic E-state index is 0.127. The van der Waals surface area contributed by atoms with E-state index >= 15 is 0 Å². The largest absolute Gasteiger partial charge is 0.497 e. The highest BCUT2D eigenvalue weighted by Crippen LogP contribution is 2.27. The van der Waals surface area contributed by atoms with E-state index in [0.29, 0.717) is 28.1 Å². The molecule has 1 amide bonds. The van der Waals surface area contributed by atoms with Gasteiger partial charge < -0.3 is 14.4 Å². The number of ether oxygens (including phenoxy) is 2. The second-order valence-electron chi connectivity index (χ2n) is 5.67. The molecular formula is C16H21N5O3S. The molecule has 25 heavy (non-hydrogen) atoms. The van der Waals surface area contributed by atoms with Crippen molar-refractivity contribution < 1.29 is 14.3 Å². The molecule has 0 saturated carbocycles. The second-order valence-corrected chi connectivity index (χ2v) is 6.62. The zero-order valence-electron chi connectivity index (χ0n) is 14.3. The van der Waals surface area contributed by atoms with Crippen LogP contribution in [-0.4, -0.2) is 64.1 Å². The number of thioether (sulfide) groups is 1. The van der Waals surface area contributed by atoms with Crippen molar-refractivity contribution in [1.82, 2.24) is 25.1 Å². The Morgan fingerprint density at radius 3 is 2.44 bits per heavy atom. The number of benzene rings is 1. The van der Waals surface area contributed by atoms with Crippen LogP contribution in [0.5, 0.6) is 11.5 Å². The first-order valence-electron chi connectivity index (χ1n) is 8.13. The predicted molar refractivity (Wildman–Crippen MR) is 93.4 cm³/mol. The molecule has 1 saturated heterocycles. The number of carbonyl (C=O) groups is 1. The van der Waals surface area contributed by atoms with E-state index in [-0.39, 0.29) is 5.91 Å². The second kappa shape index (κ2) is 8.19. The molecule has 1 fully saturated rings. The Labute approximate surface area is 150 Å². The SMILES string of the molecule is COc1cc(OC)cc(-n2nnnc2SCC(=O)N2CCCCC2)c1. The highest BCUT2D eigenvalue weighted by molar-refractivity contribution is 7.99. The molecule has 0 N–H and O–H groups in total. The van der Waals surface area contributed by atoms with Gasteiger partial charge in [0.25, 0.3) is 0 Å². The van der Waals surface area contributed by atoms with Crippen LogP contribution in [0, 0.1) is 0 Å². The third kappa shape index (κ3) is 4.22. The van der Waals surface area contributed by atoms with Gasteiger partial charge >= 0.3 is 0 Å². The number of nitrogens with zero attached hydrogens (tertiary/aromatic N) is 5. The number of rotatable bonds is 6. The van der Waals surface area contributed by atoms with Crippen molar-refractivity contribution in [2.75, 3.05) is 33.1 Å². The Morgan fingerprint density at radius 2 is 1.80 bits per heavy atom. The van der Waals surface area contributed by atoms with E-state index in [1.54, 1.807) is 25.0 Å². The molecule has 134 valence electrons. The van der Waals surface area contributed by atoms with Crippen LogP contribution < -0.4 is 9.47 Å². The van der Waals surface area contributed by atoms with Crippen LogP contribution in [-0.2, 0) is 4.79 Å². The van der Waals surface area contributed by atoms with E-state index in [1.807, 2.05) is 17.0 Å². The lowest BCUT2D eigenvalue weighted by Crippen LogP contribution is -2.36. The molecule has 1 aromatic carbocycles. The van der Waals surface area contributed by atoms with Crippen molar-refractivity contribution in [3.8, 4) is 17.2 Å². The molecule has 0 aliphatic carbocycles. The highest BCUT2D eigenvalue weighted by Gasteiger charge is 2.19. The molecule has 1 aromatic heterocycles. The lowest BCUT2D eigenvalue weighted by Gasteiger charge is -2.26. The van der Waals surface area contributed by atoms with Gasteiger partial charge in [-0.1, -0.05) is 11.8 Å². The molecule has 9 heteroatoms. The van der Waals surface area contributed by atoms with Crippen molar-refractivity contribution in [2.45, 2.75) is 24.4 Å². The third-order valence-electron chi connectivity index (χ3n) is 4.06. The average Bonchev–Trinajstić information content (AvgIpc) is 3.15. The first-order valence-corrected chi connectivity index (χ1v) is 9.12. The van der Waals surface area contributed by atoms with E-state index in [0.717, 1.165) is 25.9 Å². The first kappa shape index (κ1) is 17.5. The fourth-order valence-electron chi connectivity index (χ4n) is 2.71. The molecule has 1 aliphatic heterocycles. The number of hydrogen-bond donors (Lipinski definition) is 0. The molecule has 0 unspecified atom stereocenters. The molecule has 3 rings (SSSR count). The van der Waals surface area contributed by atoms with Gasteiger partial charge in [0.1, 0.15) is 11.5 Å². The first-order chi connectivity index (χ1) is 12.2. The summed E-state index contributed by atoms with van der Waals surface area (Å²) in [5.74, 6) is 1.74. The van der Waals surface area contributed by atoms with Gasteiger partial charge in [-0.25, -0.2) is 0 Å². The lowest BCUT2D eigenvalue weighted by atomic mass is 10.1. The van der Waals surface area contributed by atoms with Gasteiger partial charge in [0, 0.05) is 31.3 Å². The van der Waals surface area contributed by atoms with Crippen molar-refractivity contribution in [1.29, 1.82) is 0 Å². The minimum Gasteiger partial charge on any atom is -0.497 e. The molecule has 2 aromatic rings. The Balaban J connectivity index is 1.73. The number of hydrogen-bond acceptors (Lipinski definition) is 7. The molecule has 0 bridgehead atoms.